The fourth-order valence-corrected chi connectivity index (χ4v) is 1.39. The summed E-state index contributed by atoms with van der Waals surface area (Å²) in [6.45, 7) is 1.83. The van der Waals surface area contributed by atoms with Gasteiger partial charge in [-0.05, 0) is 20.2 Å². The lowest BCUT2D eigenvalue weighted by molar-refractivity contribution is 0.421. The largest absolute Gasteiger partial charge is 0.308 e. The van der Waals surface area contributed by atoms with Gasteiger partial charge in [0.25, 0.3) is 0 Å². The summed E-state index contributed by atoms with van der Waals surface area (Å²) in [6, 6.07) is 8.08. The van der Waals surface area contributed by atoms with Gasteiger partial charge < -0.3 is 4.90 Å². The molecule has 0 amide bonds. The van der Waals surface area contributed by atoms with Crippen LogP contribution in [-0.4, -0.2) is 38.3 Å². The number of aliphatic imine (C=N–C) groups is 1. The van der Waals surface area contributed by atoms with E-state index in [0.717, 1.165) is 23.1 Å². The van der Waals surface area contributed by atoms with Gasteiger partial charge >= 0.3 is 0 Å². The Labute approximate surface area is 93.8 Å². The normalized spacial score (nSPS) is 11.4. The maximum Gasteiger partial charge on any atom is 0.0516 e. The molecule has 3 heteroatoms. The Balaban J connectivity index is 2.48. The lowest BCUT2D eigenvalue weighted by Gasteiger charge is -2.05. The smallest absolute Gasteiger partial charge is 0.0516 e. The average Bonchev–Trinajstić information content (AvgIpc) is 2.15. The van der Waals surface area contributed by atoms with Gasteiger partial charge in [0, 0.05) is 22.8 Å². The summed E-state index contributed by atoms with van der Waals surface area (Å²) >= 11 is 3.48. The van der Waals surface area contributed by atoms with Crippen LogP contribution < -0.4 is 0 Å². The van der Waals surface area contributed by atoms with Crippen molar-refractivity contribution < 1.29 is 0 Å². The Morgan fingerprint density at radius 3 is 2.71 bits per heavy atom. The van der Waals surface area contributed by atoms with Crippen LogP contribution in [0.15, 0.2) is 33.7 Å². The van der Waals surface area contributed by atoms with Crippen molar-refractivity contribution in [1.82, 2.24) is 4.90 Å². The van der Waals surface area contributed by atoms with Crippen LogP contribution in [0.5, 0.6) is 0 Å². The third-order valence-corrected chi connectivity index (χ3v) is 2.53. The summed E-state index contributed by atoms with van der Waals surface area (Å²) < 4.78 is 1.09. The number of nitrogens with zero attached hydrogens (tertiary/aromatic N) is 2. The molecule has 76 valence electrons. The Bertz CT molecular complexity index is 308. The summed E-state index contributed by atoms with van der Waals surface area (Å²) in [7, 11) is 4.10. The van der Waals surface area contributed by atoms with Crippen LogP contribution in [0.3, 0.4) is 0 Å². The van der Waals surface area contributed by atoms with Gasteiger partial charge in [0.05, 0.1) is 6.54 Å². The third-order valence-electron chi connectivity index (χ3n) is 1.81. The quantitative estimate of drug-likeness (QED) is 0.754. The first-order chi connectivity index (χ1) is 6.70. The maximum absolute atomic E-state index is 4.35. The topological polar surface area (TPSA) is 15.6 Å². The van der Waals surface area contributed by atoms with Gasteiger partial charge in [0.2, 0.25) is 0 Å². The van der Waals surface area contributed by atoms with Gasteiger partial charge in [-0.3, -0.25) is 4.99 Å². The Kier molecular flexibility index (Phi) is 4.84. The average molecular weight is 255 g/mol. The van der Waals surface area contributed by atoms with Crippen molar-refractivity contribution in [3.63, 3.8) is 0 Å². The molecule has 14 heavy (non-hydrogen) atoms. The predicted octanol–water partition coefficient (Wildman–Crippen LogP) is 2.43. The SMILES string of the molecule is CN(C)CCN=Cc1ccccc1Br. The van der Waals surface area contributed by atoms with Crippen LogP contribution in [0.4, 0.5) is 0 Å². The van der Waals surface area contributed by atoms with Crippen molar-refractivity contribution >= 4 is 22.1 Å². The number of benzene rings is 1. The van der Waals surface area contributed by atoms with E-state index in [1.807, 2.05) is 44.6 Å². The molecule has 1 aromatic rings. The van der Waals surface area contributed by atoms with Crippen LogP contribution in [0.2, 0.25) is 0 Å². The zero-order valence-corrected chi connectivity index (χ0v) is 10.2. The van der Waals surface area contributed by atoms with Gasteiger partial charge in [-0.1, -0.05) is 34.1 Å². The molecule has 0 fully saturated rings. The number of halogens is 1. The van der Waals surface area contributed by atoms with E-state index in [9.17, 15) is 0 Å². The summed E-state index contributed by atoms with van der Waals surface area (Å²) in [5, 5.41) is 0. The second-order valence-corrected chi connectivity index (χ2v) is 4.21. The molecule has 0 radical (unpaired) electrons. The Morgan fingerprint density at radius 1 is 1.36 bits per heavy atom. The molecule has 0 N–H and O–H groups in total. The van der Waals surface area contributed by atoms with Crippen molar-refractivity contribution in [2.45, 2.75) is 0 Å². The fraction of sp³-hybridized carbons (Fsp3) is 0.364. The van der Waals surface area contributed by atoms with E-state index in [1.54, 1.807) is 0 Å². The first-order valence-corrected chi connectivity index (χ1v) is 5.38. The second-order valence-electron chi connectivity index (χ2n) is 3.36. The first-order valence-electron chi connectivity index (χ1n) is 4.59. The molecule has 1 aromatic carbocycles. The predicted molar refractivity (Wildman–Crippen MR) is 65.2 cm³/mol. The van der Waals surface area contributed by atoms with E-state index in [-0.39, 0.29) is 0 Å². The molecular formula is C11H15BrN2. The van der Waals surface area contributed by atoms with Gasteiger partial charge in [-0.15, -0.1) is 0 Å². The van der Waals surface area contributed by atoms with Crippen LogP contribution in [-0.2, 0) is 0 Å². The minimum Gasteiger partial charge on any atom is -0.308 e. The molecule has 0 atom stereocenters. The van der Waals surface area contributed by atoms with Crippen LogP contribution in [0.25, 0.3) is 0 Å². The summed E-state index contributed by atoms with van der Waals surface area (Å²) in [5.74, 6) is 0. The molecule has 0 aliphatic rings. The van der Waals surface area contributed by atoms with Crippen LogP contribution >= 0.6 is 15.9 Å². The van der Waals surface area contributed by atoms with E-state index < -0.39 is 0 Å². The van der Waals surface area contributed by atoms with Crippen molar-refractivity contribution in [2.75, 3.05) is 27.2 Å². The maximum atomic E-state index is 4.35. The minimum absolute atomic E-state index is 0.842. The van der Waals surface area contributed by atoms with Gasteiger partial charge in [-0.25, -0.2) is 0 Å². The lowest BCUT2D eigenvalue weighted by atomic mass is 10.2. The third kappa shape index (κ3) is 4.03. The summed E-state index contributed by atoms with van der Waals surface area (Å²) in [4.78, 5) is 6.47. The number of hydrogen-bond donors (Lipinski definition) is 0. The number of hydrogen-bond acceptors (Lipinski definition) is 2. The zero-order valence-electron chi connectivity index (χ0n) is 8.57. The molecule has 0 spiro atoms. The highest BCUT2D eigenvalue weighted by molar-refractivity contribution is 9.10. The van der Waals surface area contributed by atoms with Crippen LogP contribution in [0, 0.1) is 0 Å². The van der Waals surface area contributed by atoms with Gasteiger partial charge in [-0.2, -0.15) is 0 Å². The monoisotopic (exact) mass is 254 g/mol. The van der Waals surface area contributed by atoms with Crippen LogP contribution in [0.1, 0.15) is 5.56 Å². The molecule has 2 nitrogen and oxygen atoms in total. The van der Waals surface area contributed by atoms with E-state index in [2.05, 4.69) is 25.8 Å². The second kappa shape index (κ2) is 5.94. The molecule has 0 saturated carbocycles. The Hall–Kier alpha value is -0.670. The number of likely N-dealkylation sites (N-methyl/N-ethyl adjacent to an activating group) is 1. The molecule has 0 aliphatic heterocycles. The lowest BCUT2D eigenvalue weighted by Crippen LogP contribution is -2.15. The first kappa shape index (κ1) is 11.4. The highest BCUT2D eigenvalue weighted by Crippen LogP contribution is 2.13. The molecule has 1 rings (SSSR count). The molecule has 0 heterocycles. The van der Waals surface area contributed by atoms with E-state index in [4.69, 9.17) is 0 Å². The minimum atomic E-state index is 0.842. The molecule has 0 saturated heterocycles. The highest BCUT2D eigenvalue weighted by atomic mass is 79.9. The van der Waals surface area contributed by atoms with Gasteiger partial charge in [0.15, 0.2) is 0 Å². The summed E-state index contributed by atoms with van der Waals surface area (Å²) in [6.07, 6.45) is 1.91. The zero-order chi connectivity index (χ0) is 10.4. The summed E-state index contributed by atoms with van der Waals surface area (Å²) in [5.41, 5.74) is 1.13. The molecule has 0 aliphatic carbocycles. The molecule has 0 bridgehead atoms. The molecule has 0 unspecified atom stereocenters. The Morgan fingerprint density at radius 2 is 2.07 bits per heavy atom. The van der Waals surface area contributed by atoms with E-state index in [1.165, 1.54) is 0 Å². The van der Waals surface area contributed by atoms with Crippen molar-refractivity contribution in [3.8, 4) is 0 Å². The van der Waals surface area contributed by atoms with Crippen molar-refractivity contribution in [1.29, 1.82) is 0 Å². The highest BCUT2D eigenvalue weighted by Gasteiger charge is 1.93. The standard InChI is InChI=1S/C11H15BrN2/c1-14(2)8-7-13-9-10-5-3-4-6-11(10)12/h3-6,9H,7-8H2,1-2H3. The van der Waals surface area contributed by atoms with Crippen molar-refractivity contribution in [2.24, 2.45) is 4.99 Å². The van der Waals surface area contributed by atoms with E-state index in [0.29, 0.717) is 0 Å². The molecule has 0 aromatic heterocycles. The van der Waals surface area contributed by atoms with Gasteiger partial charge in [0.1, 0.15) is 0 Å². The fourth-order valence-electron chi connectivity index (χ4n) is 1.00. The van der Waals surface area contributed by atoms with Crippen molar-refractivity contribution in [3.05, 3.63) is 34.3 Å². The molecular weight excluding hydrogens is 240 g/mol. The number of rotatable bonds is 4. The van der Waals surface area contributed by atoms with E-state index >= 15 is 0 Å².